The number of hydrogen-bond acceptors (Lipinski definition) is 6. The molecule has 0 aromatic heterocycles. The molecular weight excluding hydrogens is 330 g/mol. The van der Waals surface area contributed by atoms with Crippen LogP contribution in [-0.2, 0) is 30.3 Å². The van der Waals surface area contributed by atoms with Crippen molar-refractivity contribution >= 4 is 17.4 Å². The summed E-state index contributed by atoms with van der Waals surface area (Å²) in [6, 6.07) is 9.99. The topological polar surface area (TPSA) is 58.2 Å². The average molecular weight is 351 g/mol. The maximum atomic E-state index is 6.23. The summed E-state index contributed by atoms with van der Waals surface area (Å²) in [5, 5.41) is 3.44. The molecule has 3 aliphatic rings. The van der Waals surface area contributed by atoms with Gasteiger partial charge in [0.15, 0.2) is 5.79 Å². The lowest BCUT2D eigenvalue weighted by atomic mass is 9.95. The molecule has 0 unspecified atom stereocenters. The van der Waals surface area contributed by atoms with Gasteiger partial charge in [-0.2, -0.15) is 0 Å². The van der Waals surface area contributed by atoms with Crippen molar-refractivity contribution < 1.29 is 23.7 Å². The summed E-state index contributed by atoms with van der Waals surface area (Å²) in [4.78, 5) is 0. The quantitative estimate of drug-likeness (QED) is 0.832. The zero-order chi connectivity index (χ0) is 16.8. The van der Waals surface area contributed by atoms with E-state index in [1.165, 1.54) is 0 Å². The number of rotatable bonds is 3. The predicted molar refractivity (Wildman–Crippen MR) is 89.2 cm³/mol. The van der Waals surface area contributed by atoms with Gasteiger partial charge in [0.1, 0.15) is 24.9 Å². The number of benzene rings is 1. The van der Waals surface area contributed by atoms with Crippen LogP contribution in [0.5, 0.6) is 0 Å². The number of hydrogen-bond donors (Lipinski definition) is 1. The van der Waals surface area contributed by atoms with E-state index in [4.69, 9.17) is 35.9 Å². The molecule has 4 rings (SSSR count). The molecule has 1 aromatic rings. The summed E-state index contributed by atoms with van der Waals surface area (Å²) < 4.78 is 29.8. The maximum Gasteiger partial charge on any atom is 0.259 e. The van der Waals surface area contributed by atoms with Gasteiger partial charge in [0.2, 0.25) is 5.72 Å². The average Bonchev–Trinajstić information content (AvgIpc) is 3.07. The smallest absolute Gasteiger partial charge is 0.259 e. The van der Waals surface area contributed by atoms with Gasteiger partial charge in [-0.25, -0.2) is 0 Å². The summed E-state index contributed by atoms with van der Waals surface area (Å²) >= 11 is 5.13. The SMILES string of the molecule is CC1(C)O[C@@H]2[C@@H](CO[C@]3(COC(=S)N3)[C@H]2OCc2ccccc2)O1. The summed E-state index contributed by atoms with van der Waals surface area (Å²) in [5.74, 6) is -0.668. The van der Waals surface area contributed by atoms with E-state index in [0.29, 0.717) is 18.4 Å². The molecule has 4 atom stereocenters. The Morgan fingerprint density at radius 3 is 2.75 bits per heavy atom. The number of ether oxygens (including phenoxy) is 5. The van der Waals surface area contributed by atoms with E-state index in [1.54, 1.807) is 0 Å². The summed E-state index contributed by atoms with van der Waals surface area (Å²) in [6.45, 7) is 4.93. The highest BCUT2D eigenvalue weighted by molar-refractivity contribution is 7.80. The standard InChI is InChI=1S/C17H21NO5S/c1-16(2)22-12-9-21-17(10-20-15(24)18-17)14(13(12)23-16)19-8-11-6-4-3-5-7-11/h3-7,12-14H,8-10H2,1-2H3,(H,18,24)/t12-,13-,14+,17-/m1/s1. The predicted octanol–water partition coefficient (Wildman–Crippen LogP) is 1.72. The second-order valence-corrected chi connectivity index (χ2v) is 7.13. The minimum Gasteiger partial charge on any atom is -0.466 e. The summed E-state index contributed by atoms with van der Waals surface area (Å²) in [5.41, 5.74) is 0.242. The van der Waals surface area contributed by atoms with E-state index in [1.807, 2.05) is 44.2 Å². The first-order valence-electron chi connectivity index (χ1n) is 8.08. The van der Waals surface area contributed by atoms with Crippen molar-refractivity contribution in [3.05, 3.63) is 35.9 Å². The van der Waals surface area contributed by atoms with Crippen LogP contribution in [0, 0.1) is 0 Å². The third-order valence-electron chi connectivity index (χ3n) is 4.49. The Morgan fingerprint density at radius 2 is 2.04 bits per heavy atom. The first kappa shape index (κ1) is 16.2. The van der Waals surface area contributed by atoms with Crippen LogP contribution in [0.1, 0.15) is 19.4 Å². The van der Waals surface area contributed by atoms with Crippen LogP contribution in [0.15, 0.2) is 30.3 Å². The van der Waals surface area contributed by atoms with Crippen LogP contribution in [0.25, 0.3) is 0 Å². The van der Waals surface area contributed by atoms with Crippen LogP contribution >= 0.6 is 12.2 Å². The molecule has 3 fully saturated rings. The normalized spacial score (nSPS) is 37.1. The number of fused-ring (bicyclic) bond motifs is 1. The fourth-order valence-corrected chi connectivity index (χ4v) is 3.70. The molecule has 1 N–H and O–H groups in total. The van der Waals surface area contributed by atoms with Crippen molar-refractivity contribution in [3.63, 3.8) is 0 Å². The highest BCUT2D eigenvalue weighted by Gasteiger charge is 2.60. The van der Waals surface area contributed by atoms with Crippen molar-refractivity contribution in [1.82, 2.24) is 5.32 Å². The Kier molecular flexibility index (Phi) is 4.01. The van der Waals surface area contributed by atoms with Crippen molar-refractivity contribution in [3.8, 4) is 0 Å². The molecule has 6 nitrogen and oxygen atoms in total. The van der Waals surface area contributed by atoms with Crippen molar-refractivity contribution in [1.29, 1.82) is 0 Å². The van der Waals surface area contributed by atoms with Crippen molar-refractivity contribution in [2.45, 2.75) is 50.3 Å². The lowest BCUT2D eigenvalue weighted by molar-refractivity contribution is -0.236. The van der Waals surface area contributed by atoms with E-state index < -0.39 is 17.6 Å². The highest BCUT2D eigenvalue weighted by atomic mass is 32.1. The Labute approximate surface area is 146 Å². The fraction of sp³-hybridized carbons (Fsp3) is 0.588. The monoisotopic (exact) mass is 351 g/mol. The fourth-order valence-electron chi connectivity index (χ4n) is 3.47. The largest absolute Gasteiger partial charge is 0.466 e. The molecule has 0 radical (unpaired) electrons. The zero-order valence-electron chi connectivity index (χ0n) is 13.7. The number of thiocarbonyl (C=S) groups is 1. The first-order chi connectivity index (χ1) is 11.5. The van der Waals surface area contributed by atoms with E-state index in [9.17, 15) is 0 Å². The highest BCUT2D eigenvalue weighted by Crippen LogP contribution is 2.40. The Morgan fingerprint density at radius 1 is 1.25 bits per heavy atom. The van der Waals surface area contributed by atoms with Crippen LogP contribution < -0.4 is 5.32 Å². The van der Waals surface area contributed by atoms with Gasteiger partial charge < -0.3 is 29.0 Å². The second kappa shape index (κ2) is 5.93. The third kappa shape index (κ3) is 2.91. The van der Waals surface area contributed by atoms with Gasteiger partial charge in [0.05, 0.1) is 13.2 Å². The summed E-state index contributed by atoms with van der Waals surface area (Å²) in [7, 11) is 0. The molecule has 0 amide bonds. The third-order valence-corrected chi connectivity index (χ3v) is 4.71. The van der Waals surface area contributed by atoms with Gasteiger partial charge in [0.25, 0.3) is 5.17 Å². The molecule has 1 spiro atoms. The molecule has 1 aromatic carbocycles. The zero-order valence-corrected chi connectivity index (χ0v) is 14.5. The minimum atomic E-state index is -0.836. The van der Waals surface area contributed by atoms with Gasteiger partial charge in [-0.3, -0.25) is 0 Å². The minimum absolute atomic E-state index is 0.178. The molecule has 24 heavy (non-hydrogen) atoms. The molecule has 0 bridgehead atoms. The van der Waals surface area contributed by atoms with Crippen LogP contribution in [0.2, 0.25) is 0 Å². The van der Waals surface area contributed by atoms with E-state index in [2.05, 4.69) is 5.32 Å². The van der Waals surface area contributed by atoms with E-state index in [-0.39, 0.29) is 18.8 Å². The molecule has 0 aliphatic carbocycles. The van der Waals surface area contributed by atoms with Gasteiger partial charge >= 0.3 is 0 Å². The van der Waals surface area contributed by atoms with E-state index >= 15 is 0 Å². The van der Waals surface area contributed by atoms with Crippen LogP contribution in [0.4, 0.5) is 0 Å². The molecule has 3 aliphatic heterocycles. The molecule has 0 saturated carbocycles. The van der Waals surface area contributed by atoms with E-state index in [0.717, 1.165) is 5.56 Å². The van der Waals surface area contributed by atoms with Gasteiger partial charge in [-0.15, -0.1) is 0 Å². The van der Waals surface area contributed by atoms with Gasteiger partial charge in [-0.05, 0) is 31.6 Å². The Hall–Kier alpha value is -1.25. The first-order valence-corrected chi connectivity index (χ1v) is 8.48. The molecular formula is C17H21NO5S. The second-order valence-electron chi connectivity index (χ2n) is 6.76. The van der Waals surface area contributed by atoms with Gasteiger partial charge in [0, 0.05) is 0 Å². The Bertz CT molecular complexity index is 625. The Balaban J connectivity index is 1.58. The number of nitrogens with one attached hydrogen (secondary N) is 1. The van der Waals surface area contributed by atoms with Crippen LogP contribution in [-0.4, -0.2) is 48.2 Å². The van der Waals surface area contributed by atoms with Crippen molar-refractivity contribution in [2.24, 2.45) is 0 Å². The molecule has 7 heteroatoms. The molecule has 3 heterocycles. The molecule has 3 saturated heterocycles. The lowest BCUT2D eigenvalue weighted by Gasteiger charge is -2.43. The molecule has 130 valence electrons. The van der Waals surface area contributed by atoms with Crippen molar-refractivity contribution in [2.75, 3.05) is 13.2 Å². The lowest BCUT2D eigenvalue weighted by Crippen LogP contribution is -2.66. The summed E-state index contributed by atoms with van der Waals surface area (Å²) in [6.07, 6.45) is -0.837. The maximum absolute atomic E-state index is 6.23. The van der Waals surface area contributed by atoms with Crippen LogP contribution in [0.3, 0.4) is 0 Å². The van der Waals surface area contributed by atoms with Gasteiger partial charge in [-0.1, -0.05) is 30.3 Å².